The lowest BCUT2D eigenvalue weighted by Gasteiger charge is -1.96. The molecule has 0 saturated heterocycles. The van der Waals surface area contributed by atoms with E-state index in [9.17, 15) is 0 Å². The van der Waals surface area contributed by atoms with Gasteiger partial charge in [0.15, 0.2) is 0 Å². The molecule has 0 nitrogen and oxygen atoms in total. The number of thiophene rings is 1. The van der Waals surface area contributed by atoms with Gasteiger partial charge in [0.1, 0.15) is 5.30 Å². The van der Waals surface area contributed by atoms with Crippen LogP contribution < -0.4 is 23.0 Å². The zero-order valence-electron chi connectivity index (χ0n) is 9.14. The number of halogens is 1. The summed E-state index contributed by atoms with van der Waals surface area (Å²) in [6.45, 7) is 0. The molecule has 86 valence electrons. The highest BCUT2D eigenvalue weighted by Gasteiger charge is 2.08. The number of benzene rings is 2. The molecule has 0 fully saturated rings. The van der Waals surface area contributed by atoms with E-state index < -0.39 is 0 Å². The quantitative estimate of drug-likeness (QED) is 0.590. The van der Waals surface area contributed by atoms with Crippen molar-refractivity contribution in [2.75, 3.05) is 0 Å². The molecule has 1 atom stereocenters. The predicted molar refractivity (Wildman–Crippen MR) is 77.2 cm³/mol. The van der Waals surface area contributed by atoms with Gasteiger partial charge in [-0.1, -0.05) is 30.3 Å². The molecule has 0 aliphatic heterocycles. The first kappa shape index (κ1) is 12.6. The maximum atomic E-state index is 2.27. The molecule has 3 rings (SSSR count). The van der Waals surface area contributed by atoms with Gasteiger partial charge in [-0.25, -0.2) is 0 Å². The number of fused-ring (bicyclic) bond motifs is 1. The van der Waals surface area contributed by atoms with Gasteiger partial charge >= 0.3 is 0 Å². The predicted octanol–water partition coefficient (Wildman–Crippen LogP) is 0.267. The zero-order chi connectivity index (χ0) is 10.8. The summed E-state index contributed by atoms with van der Waals surface area (Å²) in [6, 6.07) is 19.6. The minimum Gasteiger partial charge on any atom is -1.00 e. The Bertz CT molecular complexity index is 604. The van der Waals surface area contributed by atoms with Gasteiger partial charge < -0.3 is 12.4 Å². The molecule has 1 heterocycles. The minimum atomic E-state index is 0. The summed E-state index contributed by atoms with van der Waals surface area (Å²) in [6.07, 6.45) is 0. The van der Waals surface area contributed by atoms with Crippen LogP contribution in [0.25, 0.3) is 10.1 Å². The monoisotopic (exact) mass is 278 g/mol. The van der Waals surface area contributed by atoms with Gasteiger partial charge in [-0.3, -0.25) is 0 Å². The highest BCUT2D eigenvalue weighted by atomic mass is 35.5. The SMILES string of the molecule is [Cl-].c1ccc([PH2+]c2cccc3ccsc23)cc1. The van der Waals surface area contributed by atoms with Crippen molar-refractivity contribution in [1.82, 2.24) is 0 Å². The summed E-state index contributed by atoms with van der Waals surface area (Å²) >= 11 is 1.85. The van der Waals surface area contributed by atoms with Crippen LogP contribution in [0.15, 0.2) is 60.0 Å². The van der Waals surface area contributed by atoms with Crippen LogP contribution in [0, 0.1) is 0 Å². The fourth-order valence-electron chi connectivity index (χ4n) is 1.86. The van der Waals surface area contributed by atoms with Crippen LogP contribution in [-0.4, -0.2) is 0 Å². The molecule has 0 spiro atoms. The fraction of sp³-hybridized carbons (Fsp3) is 0. The summed E-state index contributed by atoms with van der Waals surface area (Å²) in [7, 11) is 0.221. The molecule has 0 saturated carbocycles. The summed E-state index contributed by atoms with van der Waals surface area (Å²) in [5.74, 6) is 0. The van der Waals surface area contributed by atoms with Gasteiger partial charge in [-0.05, 0) is 35.0 Å². The van der Waals surface area contributed by atoms with Crippen molar-refractivity contribution in [3.05, 3.63) is 60.0 Å². The van der Waals surface area contributed by atoms with Gasteiger partial charge in [0.25, 0.3) is 0 Å². The Labute approximate surface area is 113 Å². The fourth-order valence-corrected chi connectivity index (χ4v) is 4.35. The first-order valence-electron chi connectivity index (χ1n) is 5.29. The second kappa shape index (κ2) is 5.64. The van der Waals surface area contributed by atoms with Crippen molar-refractivity contribution in [2.24, 2.45) is 0 Å². The third-order valence-electron chi connectivity index (χ3n) is 2.63. The number of hydrogen-bond acceptors (Lipinski definition) is 1. The van der Waals surface area contributed by atoms with Crippen LogP contribution in [0.1, 0.15) is 0 Å². The van der Waals surface area contributed by atoms with Crippen molar-refractivity contribution < 1.29 is 12.4 Å². The second-order valence-corrected chi connectivity index (χ2v) is 6.23. The standard InChI is InChI=1S/C14H11PS.ClH/c1-2-6-12(7-3-1)15-13-8-4-5-11-9-10-16-14(11)13;/h1-10,15H;1H. The molecule has 3 aromatic rings. The van der Waals surface area contributed by atoms with Crippen molar-refractivity contribution in [2.45, 2.75) is 0 Å². The molecule has 0 radical (unpaired) electrons. The molecule has 0 aliphatic carbocycles. The molecular formula is C14H12ClPS. The lowest BCUT2D eigenvalue weighted by molar-refractivity contribution is -0.00000286. The molecule has 3 heteroatoms. The van der Waals surface area contributed by atoms with E-state index in [-0.39, 0.29) is 21.0 Å². The zero-order valence-corrected chi connectivity index (χ0v) is 11.9. The van der Waals surface area contributed by atoms with E-state index in [1.807, 2.05) is 11.3 Å². The van der Waals surface area contributed by atoms with Crippen LogP contribution in [0.2, 0.25) is 0 Å². The van der Waals surface area contributed by atoms with Crippen LogP contribution in [0.3, 0.4) is 0 Å². The van der Waals surface area contributed by atoms with Crippen LogP contribution in [0.4, 0.5) is 0 Å². The van der Waals surface area contributed by atoms with E-state index in [1.165, 1.54) is 20.7 Å². The van der Waals surface area contributed by atoms with Crippen LogP contribution in [0.5, 0.6) is 0 Å². The third-order valence-corrected chi connectivity index (χ3v) is 5.33. The Morgan fingerprint density at radius 3 is 2.47 bits per heavy atom. The first-order chi connectivity index (χ1) is 7.93. The minimum absolute atomic E-state index is 0. The van der Waals surface area contributed by atoms with Crippen molar-refractivity contribution >= 4 is 40.6 Å². The molecule has 0 bridgehead atoms. The van der Waals surface area contributed by atoms with E-state index in [0.29, 0.717) is 0 Å². The molecular weight excluding hydrogens is 267 g/mol. The Hall–Kier alpha value is -0.880. The van der Waals surface area contributed by atoms with E-state index >= 15 is 0 Å². The van der Waals surface area contributed by atoms with Gasteiger partial charge in [-0.2, -0.15) is 0 Å². The van der Waals surface area contributed by atoms with E-state index in [4.69, 9.17) is 0 Å². The average molecular weight is 279 g/mol. The summed E-state index contributed by atoms with van der Waals surface area (Å²) < 4.78 is 1.46. The van der Waals surface area contributed by atoms with Crippen molar-refractivity contribution in [3.63, 3.8) is 0 Å². The topological polar surface area (TPSA) is 0 Å². The molecule has 1 aromatic heterocycles. The van der Waals surface area contributed by atoms with Gasteiger partial charge in [-0.15, -0.1) is 11.3 Å². The molecule has 0 amide bonds. The summed E-state index contributed by atoms with van der Waals surface area (Å²) in [4.78, 5) is 0. The van der Waals surface area contributed by atoms with Crippen LogP contribution >= 0.6 is 19.9 Å². The van der Waals surface area contributed by atoms with Crippen LogP contribution in [-0.2, 0) is 0 Å². The molecule has 0 aliphatic rings. The Morgan fingerprint density at radius 2 is 1.65 bits per heavy atom. The molecule has 0 N–H and O–H groups in total. The molecule has 2 aromatic carbocycles. The lowest BCUT2D eigenvalue weighted by Crippen LogP contribution is -3.00. The normalized spacial score (nSPS) is 10.8. The third kappa shape index (κ3) is 2.69. The molecule has 1 unspecified atom stereocenters. The summed E-state index contributed by atoms with van der Waals surface area (Å²) in [5, 5.41) is 6.53. The Morgan fingerprint density at radius 1 is 0.824 bits per heavy atom. The summed E-state index contributed by atoms with van der Waals surface area (Å²) in [5.41, 5.74) is 0. The van der Waals surface area contributed by atoms with Gasteiger partial charge in [0.05, 0.1) is 18.6 Å². The molecule has 17 heavy (non-hydrogen) atoms. The van der Waals surface area contributed by atoms with E-state index in [1.54, 1.807) is 0 Å². The maximum Gasteiger partial charge on any atom is 0.112 e. The number of rotatable bonds is 2. The average Bonchev–Trinajstić information content (AvgIpc) is 2.80. The van der Waals surface area contributed by atoms with Gasteiger partial charge in [0, 0.05) is 0 Å². The second-order valence-electron chi connectivity index (χ2n) is 3.74. The lowest BCUT2D eigenvalue weighted by atomic mass is 10.3. The first-order valence-corrected chi connectivity index (χ1v) is 7.33. The van der Waals surface area contributed by atoms with Crippen molar-refractivity contribution in [3.8, 4) is 0 Å². The Balaban J connectivity index is 0.00000108. The smallest absolute Gasteiger partial charge is 0.112 e. The highest BCUT2D eigenvalue weighted by molar-refractivity contribution is 7.57. The number of hydrogen-bond donors (Lipinski definition) is 0. The van der Waals surface area contributed by atoms with Gasteiger partial charge in [0.2, 0.25) is 0 Å². The Kier molecular flexibility index (Phi) is 4.17. The van der Waals surface area contributed by atoms with E-state index in [0.717, 1.165) is 0 Å². The van der Waals surface area contributed by atoms with Crippen molar-refractivity contribution in [1.29, 1.82) is 0 Å². The maximum absolute atomic E-state index is 2.27. The highest BCUT2D eigenvalue weighted by Crippen LogP contribution is 2.24. The largest absolute Gasteiger partial charge is 1.00 e. The van der Waals surface area contributed by atoms with E-state index in [2.05, 4.69) is 60.0 Å².